The second-order valence-electron chi connectivity index (χ2n) is 15.5. The van der Waals surface area contributed by atoms with Crippen LogP contribution in [0.25, 0.3) is 0 Å². The van der Waals surface area contributed by atoms with E-state index in [1.54, 1.807) is 0 Å². The number of rotatable bonds is 44. The van der Waals surface area contributed by atoms with Gasteiger partial charge in [0.05, 0.1) is 19.8 Å². The highest BCUT2D eigenvalue weighted by atomic mass is 31.2. The van der Waals surface area contributed by atoms with Crippen molar-refractivity contribution in [2.45, 2.75) is 238 Å². The van der Waals surface area contributed by atoms with Crippen LogP contribution in [0.4, 0.5) is 0 Å². The van der Waals surface area contributed by atoms with Crippen molar-refractivity contribution in [1.82, 2.24) is 0 Å². The first-order valence-electron chi connectivity index (χ1n) is 22.6. The highest BCUT2D eigenvalue weighted by molar-refractivity contribution is 7.47. The standard InChI is InChI=1S/C43H86NO9P/c1-3-5-7-9-11-13-15-17-19-20-21-22-23-25-27-29-31-33-35-42(45)53-40(38-51-54(48,49)52-39-41(44)43(46)47)37-50-36-34-32-30-28-26-24-18-16-14-12-10-8-6-4-2/h40-41H,3-39,44H2,1-2H3,(H,46,47)(H,48,49)/t40-,41+/m1/s1. The molecule has 10 nitrogen and oxygen atoms in total. The average Bonchev–Trinajstić information content (AvgIpc) is 3.15. The molecule has 0 aliphatic carbocycles. The van der Waals surface area contributed by atoms with Crippen molar-refractivity contribution in [2.24, 2.45) is 5.73 Å². The van der Waals surface area contributed by atoms with Crippen molar-refractivity contribution in [3.63, 3.8) is 0 Å². The van der Waals surface area contributed by atoms with Gasteiger partial charge in [0.15, 0.2) is 0 Å². The topological polar surface area (TPSA) is 155 Å². The minimum atomic E-state index is -4.61. The second-order valence-corrected chi connectivity index (χ2v) is 17.0. The number of ether oxygens (including phenoxy) is 2. The molecule has 0 saturated heterocycles. The smallest absolute Gasteiger partial charge is 0.472 e. The first-order valence-corrected chi connectivity index (χ1v) is 24.1. The van der Waals surface area contributed by atoms with E-state index < -0.39 is 45.1 Å². The number of carbonyl (C=O) groups is 2. The average molecular weight is 792 g/mol. The van der Waals surface area contributed by atoms with Crippen LogP contribution in [0.3, 0.4) is 0 Å². The number of phosphoric ester groups is 1. The lowest BCUT2D eigenvalue weighted by Crippen LogP contribution is -2.34. The molecule has 4 N–H and O–H groups in total. The summed E-state index contributed by atoms with van der Waals surface area (Å²) in [4.78, 5) is 33.5. The van der Waals surface area contributed by atoms with E-state index in [0.29, 0.717) is 6.61 Å². The summed E-state index contributed by atoms with van der Waals surface area (Å²) >= 11 is 0. The number of nitrogens with two attached hydrogens (primary N) is 1. The van der Waals surface area contributed by atoms with Gasteiger partial charge in [0.25, 0.3) is 0 Å². The highest BCUT2D eigenvalue weighted by Gasteiger charge is 2.27. The lowest BCUT2D eigenvalue weighted by atomic mass is 10.0. The zero-order valence-electron chi connectivity index (χ0n) is 35.1. The van der Waals surface area contributed by atoms with Crippen molar-refractivity contribution in [2.75, 3.05) is 26.4 Å². The quantitative estimate of drug-likeness (QED) is 0.0308. The molecule has 0 spiro atoms. The summed E-state index contributed by atoms with van der Waals surface area (Å²) in [5.41, 5.74) is 5.36. The Bertz CT molecular complexity index is 878. The van der Waals surface area contributed by atoms with Gasteiger partial charge in [-0.3, -0.25) is 18.6 Å². The van der Waals surface area contributed by atoms with Gasteiger partial charge in [-0.05, 0) is 12.8 Å². The number of esters is 1. The van der Waals surface area contributed by atoms with E-state index in [9.17, 15) is 19.0 Å². The van der Waals surface area contributed by atoms with Crippen LogP contribution in [0, 0.1) is 0 Å². The molecule has 1 unspecified atom stereocenters. The first kappa shape index (κ1) is 53.0. The molecule has 0 fully saturated rings. The molecule has 0 aromatic carbocycles. The largest absolute Gasteiger partial charge is 0.480 e. The van der Waals surface area contributed by atoms with Crippen molar-refractivity contribution in [1.29, 1.82) is 0 Å². The normalized spacial score (nSPS) is 13.9. The maximum atomic E-state index is 12.6. The summed E-state index contributed by atoms with van der Waals surface area (Å²) < 4.78 is 33.4. The van der Waals surface area contributed by atoms with Gasteiger partial charge in [-0.25, -0.2) is 4.57 Å². The monoisotopic (exact) mass is 792 g/mol. The minimum Gasteiger partial charge on any atom is -0.480 e. The Hall–Kier alpha value is -1.03. The van der Waals surface area contributed by atoms with Gasteiger partial charge in [0.1, 0.15) is 12.1 Å². The lowest BCUT2D eigenvalue weighted by Gasteiger charge is -2.20. The van der Waals surface area contributed by atoms with Gasteiger partial charge in [-0.1, -0.05) is 206 Å². The van der Waals surface area contributed by atoms with E-state index in [1.807, 2.05) is 0 Å². The van der Waals surface area contributed by atoms with Crippen LogP contribution in [0.15, 0.2) is 0 Å². The van der Waals surface area contributed by atoms with Crippen LogP contribution < -0.4 is 5.73 Å². The van der Waals surface area contributed by atoms with Crippen LogP contribution in [0.5, 0.6) is 0 Å². The molecule has 0 aromatic heterocycles. The summed E-state index contributed by atoms with van der Waals surface area (Å²) in [7, 11) is -4.61. The zero-order valence-corrected chi connectivity index (χ0v) is 36.0. The van der Waals surface area contributed by atoms with Gasteiger partial charge in [0.2, 0.25) is 0 Å². The molecule has 54 heavy (non-hydrogen) atoms. The Morgan fingerprint density at radius 3 is 1.22 bits per heavy atom. The number of aliphatic carboxylic acids is 1. The van der Waals surface area contributed by atoms with E-state index in [2.05, 4.69) is 13.8 Å². The number of carboxylic acid groups (broad SMARTS) is 1. The highest BCUT2D eigenvalue weighted by Crippen LogP contribution is 2.43. The summed E-state index contributed by atoms with van der Waals surface area (Å²) in [5, 5.41) is 8.89. The molecule has 0 aliphatic rings. The molecule has 3 atom stereocenters. The van der Waals surface area contributed by atoms with E-state index in [0.717, 1.165) is 38.5 Å². The van der Waals surface area contributed by atoms with Crippen LogP contribution in [-0.2, 0) is 32.7 Å². The van der Waals surface area contributed by atoms with Gasteiger partial charge in [-0.2, -0.15) is 0 Å². The van der Waals surface area contributed by atoms with Crippen LogP contribution in [0.1, 0.15) is 226 Å². The summed E-state index contributed by atoms with van der Waals surface area (Å²) in [6.45, 7) is 3.93. The minimum absolute atomic E-state index is 0.0257. The molecular formula is C43H86NO9P. The molecule has 0 aliphatic heterocycles. The Kier molecular flexibility index (Phi) is 39.4. The fourth-order valence-corrected chi connectivity index (χ4v) is 7.38. The third-order valence-corrected chi connectivity index (χ3v) is 11.1. The fourth-order valence-electron chi connectivity index (χ4n) is 6.61. The SMILES string of the molecule is CCCCCCCCCCCCCCCCCCCCC(=O)O[C@H](COCCCCCCCCCCCCCCCC)COP(=O)(O)OC[C@H](N)C(=O)O. The van der Waals surface area contributed by atoms with E-state index in [-0.39, 0.29) is 13.0 Å². The molecule has 0 rings (SSSR count). The number of hydrogen-bond acceptors (Lipinski definition) is 8. The van der Waals surface area contributed by atoms with Crippen LogP contribution >= 0.6 is 7.82 Å². The molecule has 0 radical (unpaired) electrons. The number of phosphoric acid groups is 1. The van der Waals surface area contributed by atoms with E-state index in [4.69, 9.17) is 29.4 Å². The van der Waals surface area contributed by atoms with Gasteiger partial charge in [0, 0.05) is 13.0 Å². The third kappa shape index (κ3) is 39.2. The molecule has 0 amide bonds. The maximum absolute atomic E-state index is 12.6. The molecule has 0 heterocycles. The molecule has 0 bridgehead atoms. The number of unbranched alkanes of at least 4 members (excludes halogenated alkanes) is 30. The van der Waals surface area contributed by atoms with E-state index in [1.165, 1.54) is 167 Å². The molecule has 0 saturated carbocycles. The fraction of sp³-hybridized carbons (Fsp3) is 0.953. The maximum Gasteiger partial charge on any atom is 0.472 e. The predicted octanol–water partition coefficient (Wildman–Crippen LogP) is 12.4. The predicted molar refractivity (Wildman–Crippen MR) is 222 cm³/mol. The Balaban J connectivity index is 4.16. The summed E-state index contributed by atoms with van der Waals surface area (Å²) in [5.74, 6) is -1.76. The first-order chi connectivity index (χ1) is 26.2. The lowest BCUT2D eigenvalue weighted by molar-refractivity contribution is -0.154. The number of hydrogen-bond donors (Lipinski definition) is 3. The summed E-state index contributed by atoms with van der Waals surface area (Å²) in [6.07, 6.45) is 40.0. The Labute approximate surface area is 331 Å². The van der Waals surface area contributed by atoms with Gasteiger partial charge < -0.3 is 25.2 Å². The number of carboxylic acids is 1. The van der Waals surface area contributed by atoms with Crippen molar-refractivity contribution < 1.29 is 42.7 Å². The molecule has 0 aromatic rings. The second kappa shape index (κ2) is 40.2. The zero-order chi connectivity index (χ0) is 39.8. The Morgan fingerprint density at radius 1 is 0.519 bits per heavy atom. The van der Waals surface area contributed by atoms with Crippen LogP contribution in [0.2, 0.25) is 0 Å². The van der Waals surface area contributed by atoms with Crippen LogP contribution in [-0.4, -0.2) is 60.5 Å². The molecule has 11 heteroatoms. The molecular weight excluding hydrogens is 705 g/mol. The van der Waals surface area contributed by atoms with Crippen molar-refractivity contribution in [3.05, 3.63) is 0 Å². The van der Waals surface area contributed by atoms with Crippen molar-refractivity contribution in [3.8, 4) is 0 Å². The molecule has 322 valence electrons. The number of carbonyl (C=O) groups excluding carboxylic acids is 1. The summed E-state index contributed by atoms with van der Waals surface area (Å²) in [6, 6.07) is -1.47. The van der Waals surface area contributed by atoms with E-state index >= 15 is 0 Å². The third-order valence-electron chi connectivity index (χ3n) is 10.1. The van der Waals surface area contributed by atoms with Gasteiger partial charge >= 0.3 is 19.8 Å². The Morgan fingerprint density at radius 2 is 0.852 bits per heavy atom. The van der Waals surface area contributed by atoms with Crippen molar-refractivity contribution >= 4 is 19.8 Å². The van der Waals surface area contributed by atoms with Gasteiger partial charge in [-0.15, -0.1) is 0 Å².